The molecule has 0 unspecified atom stereocenters. The van der Waals surface area contributed by atoms with E-state index in [0.717, 1.165) is 12.3 Å². The molecule has 8 nitrogen and oxygen atoms in total. The SMILES string of the molecule is Cc1cc(C)n(-c2ncc(C(=O)O)cc2[N+](=O)[O-])n1. The fourth-order valence-electron chi connectivity index (χ4n) is 1.70. The number of rotatable bonds is 3. The van der Waals surface area contributed by atoms with Gasteiger partial charge in [0.15, 0.2) is 0 Å². The lowest BCUT2D eigenvalue weighted by Gasteiger charge is -2.04. The van der Waals surface area contributed by atoms with E-state index in [1.807, 2.05) is 0 Å². The maximum atomic E-state index is 11.0. The Hall–Kier alpha value is -2.77. The van der Waals surface area contributed by atoms with Gasteiger partial charge in [-0.1, -0.05) is 0 Å². The van der Waals surface area contributed by atoms with Crippen molar-refractivity contribution in [2.75, 3.05) is 0 Å². The molecular formula is C11H10N4O4. The lowest BCUT2D eigenvalue weighted by atomic mass is 10.2. The molecule has 0 aliphatic carbocycles. The van der Waals surface area contributed by atoms with Crippen LogP contribution >= 0.6 is 0 Å². The Kier molecular flexibility index (Phi) is 2.99. The maximum Gasteiger partial charge on any atom is 0.337 e. The summed E-state index contributed by atoms with van der Waals surface area (Å²) in [5.74, 6) is -1.27. The first-order valence-electron chi connectivity index (χ1n) is 5.31. The normalized spacial score (nSPS) is 10.4. The topological polar surface area (TPSA) is 111 Å². The van der Waals surface area contributed by atoms with Crippen LogP contribution in [0.15, 0.2) is 18.3 Å². The van der Waals surface area contributed by atoms with Crippen LogP contribution in [0.1, 0.15) is 21.7 Å². The van der Waals surface area contributed by atoms with Gasteiger partial charge in [0.25, 0.3) is 0 Å². The second-order valence-electron chi connectivity index (χ2n) is 3.97. The van der Waals surface area contributed by atoms with Crippen molar-refractivity contribution < 1.29 is 14.8 Å². The van der Waals surface area contributed by atoms with Crippen molar-refractivity contribution in [2.45, 2.75) is 13.8 Å². The number of hydrogen-bond donors (Lipinski definition) is 1. The molecule has 0 atom stereocenters. The minimum absolute atomic E-state index is 0.000556. The standard InChI is InChI=1S/C11H10N4O4/c1-6-3-7(2)14(13-6)10-9(15(18)19)4-8(5-12-10)11(16)17/h3-5H,1-2H3,(H,16,17). The molecule has 1 N–H and O–H groups in total. The molecule has 0 amide bonds. The number of nitrogens with zero attached hydrogens (tertiary/aromatic N) is 4. The Bertz CT molecular complexity index is 677. The molecule has 98 valence electrons. The van der Waals surface area contributed by atoms with Crippen molar-refractivity contribution in [1.29, 1.82) is 0 Å². The Labute approximate surface area is 107 Å². The van der Waals surface area contributed by atoms with Crippen molar-refractivity contribution in [2.24, 2.45) is 0 Å². The summed E-state index contributed by atoms with van der Waals surface area (Å²) >= 11 is 0. The Morgan fingerprint density at radius 3 is 2.58 bits per heavy atom. The van der Waals surface area contributed by atoms with Crippen LogP contribution in [-0.4, -0.2) is 30.8 Å². The second-order valence-corrected chi connectivity index (χ2v) is 3.97. The zero-order valence-electron chi connectivity index (χ0n) is 10.2. The van der Waals surface area contributed by atoms with Gasteiger partial charge in [-0.3, -0.25) is 10.1 Å². The number of aromatic carboxylic acids is 1. The lowest BCUT2D eigenvalue weighted by molar-refractivity contribution is -0.385. The van der Waals surface area contributed by atoms with Crippen LogP contribution in [0.3, 0.4) is 0 Å². The zero-order chi connectivity index (χ0) is 14.2. The Morgan fingerprint density at radius 1 is 1.42 bits per heavy atom. The average molecular weight is 262 g/mol. The smallest absolute Gasteiger partial charge is 0.337 e. The highest BCUT2D eigenvalue weighted by Gasteiger charge is 2.22. The number of hydrogen-bond acceptors (Lipinski definition) is 5. The molecule has 2 aromatic rings. The van der Waals surface area contributed by atoms with Gasteiger partial charge in [-0.25, -0.2) is 14.5 Å². The fraction of sp³-hybridized carbons (Fsp3) is 0.182. The second kappa shape index (κ2) is 4.48. The number of carboxylic acids is 1. The van der Waals surface area contributed by atoms with E-state index >= 15 is 0 Å². The summed E-state index contributed by atoms with van der Waals surface area (Å²) in [4.78, 5) is 25.0. The first-order chi connectivity index (χ1) is 8.90. The van der Waals surface area contributed by atoms with Gasteiger partial charge in [-0.15, -0.1) is 0 Å². The summed E-state index contributed by atoms with van der Waals surface area (Å²) in [7, 11) is 0. The van der Waals surface area contributed by atoms with Crippen molar-refractivity contribution >= 4 is 11.7 Å². The molecule has 0 aliphatic rings. The van der Waals surface area contributed by atoms with Gasteiger partial charge in [0.2, 0.25) is 5.82 Å². The highest BCUT2D eigenvalue weighted by Crippen LogP contribution is 2.22. The molecule has 0 radical (unpaired) electrons. The molecule has 0 bridgehead atoms. The molecule has 2 heterocycles. The fourth-order valence-corrected chi connectivity index (χ4v) is 1.70. The molecule has 8 heteroatoms. The highest BCUT2D eigenvalue weighted by molar-refractivity contribution is 5.88. The molecule has 0 aromatic carbocycles. The van der Waals surface area contributed by atoms with E-state index in [1.165, 1.54) is 4.68 Å². The van der Waals surface area contributed by atoms with E-state index in [0.29, 0.717) is 11.4 Å². The monoisotopic (exact) mass is 262 g/mol. The predicted octanol–water partition coefficient (Wildman–Crippen LogP) is 1.49. The third kappa shape index (κ3) is 2.28. The van der Waals surface area contributed by atoms with Crippen LogP contribution in [0, 0.1) is 24.0 Å². The van der Waals surface area contributed by atoms with Crippen LogP contribution in [0.5, 0.6) is 0 Å². The minimum Gasteiger partial charge on any atom is -0.478 e. The average Bonchev–Trinajstić information content (AvgIpc) is 2.67. The predicted molar refractivity (Wildman–Crippen MR) is 64.4 cm³/mol. The zero-order valence-corrected chi connectivity index (χ0v) is 10.2. The Balaban J connectivity index is 2.66. The first-order valence-corrected chi connectivity index (χ1v) is 5.31. The molecule has 0 saturated carbocycles. The maximum absolute atomic E-state index is 11.0. The number of nitro groups is 1. The van der Waals surface area contributed by atoms with Gasteiger partial charge >= 0.3 is 11.7 Å². The molecule has 0 fully saturated rings. The van der Waals surface area contributed by atoms with Crippen LogP contribution in [0.2, 0.25) is 0 Å². The number of aryl methyl sites for hydroxylation is 2. The summed E-state index contributed by atoms with van der Waals surface area (Å²) in [5.41, 5.74) is 0.732. The van der Waals surface area contributed by atoms with Crippen LogP contribution in [-0.2, 0) is 0 Å². The van der Waals surface area contributed by atoms with Crippen molar-refractivity contribution in [3.63, 3.8) is 0 Å². The van der Waals surface area contributed by atoms with E-state index in [4.69, 9.17) is 5.11 Å². The van der Waals surface area contributed by atoms with Crippen molar-refractivity contribution in [1.82, 2.24) is 14.8 Å². The molecule has 19 heavy (non-hydrogen) atoms. The Morgan fingerprint density at radius 2 is 2.11 bits per heavy atom. The van der Waals surface area contributed by atoms with E-state index in [2.05, 4.69) is 10.1 Å². The highest BCUT2D eigenvalue weighted by atomic mass is 16.6. The van der Waals surface area contributed by atoms with Gasteiger partial charge in [0, 0.05) is 18.0 Å². The third-order valence-corrected chi connectivity index (χ3v) is 2.50. The summed E-state index contributed by atoms with van der Waals surface area (Å²) in [6.45, 7) is 3.48. The van der Waals surface area contributed by atoms with E-state index in [-0.39, 0.29) is 11.4 Å². The van der Waals surface area contributed by atoms with Crippen LogP contribution in [0.25, 0.3) is 5.82 Å². The number of carboxylic acid groups (broad SMARTS) is 1. The number of pyridine rings is 1. The van der Waals surface area contributed by atoms with Gasteiger partial charge in [-0.05, 0) is 19.9 Å². The molecule has 0 aliphatic heterocycles. The van der Waals surface area contributed by atoms with Gasteiger partial charge in [0.05, 0.1) is 16.2 Å². The summed E-state index contributed by atoms with van der Waals surface area (Å²) in [5, 5.41) is 23.9. The van der Waals surface area contributed by atoms with Crippen LogP contribution < -0.4 is 0 Å². The van der Waals surface area contributed by atoms with Crippen LogP contribution in [0.4, 0.5) is 5.69 Å². The summed E-state index contributed by atoms with van der Waals surface area (Å²) in [6.07, 6.45) is 1.07. The van der Waals surface area contributed by atoms with Gasteiger partial charge in [-0.2, -0.15) is 5.10 Å². The van der Waals surface area contributed by atoms with Gasteiger partial charge < -0.3 is 5.11 Å². The lowest BCUT2D eigenvalue weighted by Crippen LogP contribution is -2.08. The first kappa shape index (κ1) is 12.7. The molecule has 2 rings (SSSR count). The third-order valence-electron chi connectivity index (χ3n) is 2.50. The number of aromatic nitrogens is 3. The van der Waals surface area contributed by atoms with E-state index in [1.54, 1.807) is 19.9 Å². The van der Waals surface area contributed by atoms with Crippen molar-refractivity contribution in [3.05, 3.63) is 45.4 Å². The number of carbonyl (C=O) groups is 1. The quantitative estimate of drug-likeness (QED) is 0.662. The molecule has 0 saturated heterocycles. The largest absolute Gasteiger partial charge is 0.478 e. The minimum atomic E-state index is -1.27. The van der Waals surface area contributed by atoms with E-state index < -0.39 is 16.6 Å². The molecular weight excluding hydrogens is 252 g/mol. The summed E-state index contributed by atoms with van der Waals surface area (Å²) in [6, 6.07) is 2.72. The van der Waals surface area contributed by atoms with Gasteiger partial charge in [0.1, 0.15) is 0 Å². The molecule has 0 spiro atoms. The van der Waals surface area contributed by atoms with E-state index in [9.17, 15) is 14.9 Å². The molecule has 2 aromatic heterocycles. The van der Waals surface area contributed by atoms with Crippen molar-refractivity contribution in [3.8, 4) is 5.82 Å². The summed E-state index contributed by atoms with van der Waals surface area (Å²) < 4.78 is 1.32.